The maximum Gasteiger partial charge on any atom is 0.223 e. The molecule has 1 aromatic heterocycles. The number of amides is 2. The number of nitrogens with zero attached hydrogens (tertiary/aromatic N) is 3. The zero-order valence-corrected chi connectivity index (χ0v) is 23.7. The van der Waals surface area contributed by atoms with Crippen LogP contribution in [-0.2, 0) is 9.59 Å². The first-order valence-electron chi connectivity index (χ1n) is 14.0. The van der Waals surface area contributed by atoms with Gasteiger partial charge in [-0.15, -0.1) is 0 Å². The topological polar surface area (TPSA) is 81.2 Å². The van der Waals surface area contributed by atoms with Gasteiger partial charge >= 0.3 is 0 Å². The lowest BCUT2D eigenvalue weighted by Crippen LogP contribution is -2.39. The van der Waals surface area contributed by atoms with Gasteiger partial charge < -0.3 is 15.2 Å². The van der Waals surface area contributed by atoms with Crippen LogP contribution in [0.4, 0.5) is 0 Å². The molecule has 0 unspecified atom stereocenters. The van der Waals surface area contributed by atoms with E-state index in [-0.39, 0.29) is 30.7 Å². The van der Waals surface area contributed by atoms with Crippen molar-refractivity contribution in [1.29, 1.82) is 0 Å². The Bertz CT molecular complexity index is 1490. The highest BCUT2D eigenvalue weighted by atomic mass is 35.5. The molecule has 2 amide bonds. The highest BCUT2D eigenvalue weighted by Crippen LogP contribution is 2.44. The standard InChI is InChI=1S/C32H32Cl2N4O2/c33-24-8-3-20(4-9-24)31(21-5-10-25(34)11-6-21)23-7-12-27-28(19-23)38(32(36-27)22-1-2-22)26-15-17-37(18-16-26)30(40)14-13-29(35)39/h3-12,19,22,26,31H,1-2,13-18H2,(H2,35,39). The van der Waals surface area contributed by atoms with Crippen LogP contribution in [0.25, 0.3) is 11.0 Å². The van der Waals surface area contributed by atoms with Crippen LogP contribution in [0.2, 0.25) is 10.0 Å². The number of primary amides is 1. The van der Waals surface area contributed by atoms with Crippen LogP contribution in [0.15, 0.2) is 66.7 Å². The van der Waals surface area contributed by atoms with E-state index in [0.717, 1.165) is 35.0 Å². The number of halogens is 2. The van der Waals surface area contributed by atoms with Gasteiger partial charge in [-0.2, -0.15) is 0 Å². The van der Waals surface area contributed by atoms with Crippen molar-refractivity contribution in [1.82, 2.24) is 14.5 Å². The van der Waals surface area contributed by atoms with E-state index >= 15 is 0 Å². The zero-order chi connectivity index (χ0) is 27.8. The molecule has 1 aliphatic heterocycles. The van der Waals surface area contributed by atoms with Gasteiger partial charge in [0, 0.05) is 53.9 Å². The van der Waals surface area contributed by atoms with Crippen molar-refractivity contribution in [2.45, 2.75) is 56.4 Å². The molecule has 2 fully saturated rings. The summed E-state index contributed by atoms with van der Waals surface area (Å²) >= 11 is 12.5. The number of nitrogens with two attached hydrogens (primary N) is 1. The molecule has 2 N–H and O–H groups in total. The predicted molar refractivity (Wildman–Crippen MR) is 159 cm³/mol. The molecular weight excluding hydrogens is 543 g/mol. The quantitative estimate of drug-likeness (QED) is 0.234. The number of hydrogen-bond acceptors (Lipinski definition) is 3. The minimum Gasteiger partial charge on any atom is -0.370 e. The molecule has 40 heavy (non-hydrogen) atoms. The van der Waals surface area contributed by atoms with Gasteiger partial charge in [0.05, 0.1) is 11.0 Å². The number of fused-ring (bicyclic) bond motifs is 1. The number of benzene rings is 3. The lowest BCUT2D eigenvalue weighted by Gasteiger charge is -2.34. The third-order valence-corrected chi connectivity index (χ3v) is 8.69. The highest BCUT2D eigenvalue weighted by molar-refractivity contribution is 6.30. The minimum absolute atomic E-state index is 0.00575. The van der Waals surface area contributed by atoms with Gasteiger partial charge in [-0.25, -0.2) is 4.98 Å². The fourth-order valence-electron chi connectivity index (χ4n) is 5.97. The first-order chi connectivity index (χ1) is 19.4. The molecule has 8 heteroatoms. The number of piperidine rings is 1. The average molecular weight is 576 g/mol. The highest BCUT2D eigenvalue weighted by Gasteiger charge is 2.34. The summed E-state index contributed by atoms with van der Waals surface area (Å²) in [5, 5.41) is 1.42. The second-order valence-electron chi connectivity index (χ2n) is 11.0. The van der Waals surface area contributed by atoms with Crippen molar-refractivity contribution >= 4 is 46.0 Å². The number of carbonyl (C=O) groups is 2. The molecule has 6 nitrogen and oxygen atoms in total. The molecule has 4 aromatic rings. The smallest absolute Gasteiger partial charge is 0.223 e. The van der Waals surface area contributed by atoms with E-state index in [9.17, 15) is 9.59 Å². The maximum absolute atomic E-state index is 12.6. The van der Waals surface area contributed by atoms with E-state index in [1.54, 1.807) is 0 Å². The fraction of sp³-hybridized carbons (Fsp3) is 0.344. The van der Waals surface area contributed by atoms with Crippen LogP contribution in [0.3, 0.4) is 0 Å². The Kier molecular flexibility index (Phi) is 7.56. The van der Waals surface area contributed by atoms with Gasteiger partial charge in [0.2, 0.25) is 11.8 Å². The van der Waals surface area contributed by atoms with Crippen molar-refractivity contribution in [3.8, 4) is 0 Å². The lowest BCUT2D eigenvalue weighted by atomic mass is 9.85. The molecule has 1 saturated heterocycles. The van der Waals surface area contributed by atoms with E-state index in [1.165, 1.54) is 24.2 Å². The molecule has 3 aromatic carbocycles. The van der Waals surface area contributed by atoms with E-state index in [4.69, 9.17) is 33.9 Å². The Morgan fingerprint density at radius 1 is 0.825 bits per heavy atom. The van der Waals surface area contributed by atoms with Crippen LogP contribution in [0, 0.1) is 0 Å². The number of likely N-dealkylation sites (tertiary alicyclic amines) is 1. The van der Waals surface area contributed by atoms with Gasteiger partial charge in [0.25, 0.3) is 0 Å². The summed E-state index contributed by atoms with van der Waals surface area (Å²) in [5.74, 6) is 1.24. The third kappa shape index (κ3) is 5.61. The Morgan fingerprint density at radius 2 is 1.40 bits per heavy atom. The van der Waals surface area contributed by atoms with E-state index in [2.05, 4.69) is 47.0 Å². The Hall–Kier alpha value is -3.35. The summed E-state index contributed by atoms with van der Waals surface area (Å²) in [5.41, 5.74) is 10.9. The van der Waals surface area contributed by atoms with Crippen LogP contribution in [-0.4, -0.2) is 39.4 Å². The van der Waals surface area contributed by atoms with Gasteiger partial charge in [0.15, 0.2) is 0 Å². The van der Waals surface area contributed by atoms with Crippen molar-refractivity contribution in [2.24, 2.45) is 5.73 Å². The summed E-state index contributed by atoms with van der Waals surface area (Å²) < 4.78 is 2.46. The monoisotopic (exact) mass is 574 g/mol. The molecular formula is C32H32Cl2N4O2. The van der Waals surface area contributed by atoms with Crippen molar-refractivity contribution in [2.75, 3.05) is 13.1 Å². The SMILES string of the molecule is NC(=O)CCC(=O)N1CCC(n2c(C3CC3)nc3ccc(C(c4ccc(Cl)cc4)c4ccc(Cl)cc4)cc32)CC1. The molecule has 2 aliphatic rings. The number of hydrogen-bond donors (Lipinski definition) is 1. The molecule has 0 spiro atoms. The second-order valence-corrected chi connectivity index (χ2v) is 11.8. The Balaban J connectivity index is 1.36. The molecule has 0 radical (unpaired) electrons. The number of carbonyl (C=O) groups excluding carboxylic acids is 2. The Labute approximate surface area is 244 Å². The Morgan fingerprint density at radius 3 is 1.95 bits per heavy atom. The van der Waals surface area contributed by atoms with Crippen LogP contribution < -0.4 is 5.73 Å². The molecule has 1 saturated carbocycles. The largest absolute Gasteiger partial charge is 0.370 e. The average Bonchev–Trinajstić information content (AvgIpc) is 3.74. The van der Waals surface area contributed by atoms with Gasteiger partial charge in [-0.3, -0.25) is 9.59 Å². The normalized spacial score (nSPS) is 16.1. The summed E-state index contributed by atoms with van der Waals surface area (Å²) in [6, 6.07) is 23.0. The predicted octanol–water partition coefficient (Wildman–Crippen LogP) is 6.83. The van der Waals surface area contributed by atoms with Crippen molar-refractivity contribution in [3.63, 3.8) is 0 Å². The van der Waals surface area contributed by atoms with E-state index in [1.807, 2.05) is 29.2 Å². The number of aromatic nitrogens is 2. The molecule has 6 rings (SSSR count). The van der Waals surface area contributed by atoms with Crippen molar-refractivity contribution in [3.05, 3.63) is 99.3 Å². The molecule has 0 atom stereocenters. The van der Waals surface area contributed by atoms with Gasteiger partial charge in [0.1, 0.15) is 5.82 Å². The molecule has 0 bridgehead atoms. The lowest BCUT2D eigenvalue weighted by molar-refractivity contribution is -0.134. The van der Waals surface area contributed by atoms with E-state index < -0.39 is 5.91 Å². The number of imidazole rings is 1. The summed E-state index contributed by atoms with van der Waals surface area (Å²) in [6.45, 7) is 1.34. The number of rotatable bonds is 8. The summed E-state index contributed by atoms with van der Waals surface area (Å²) in [7, 11) is 0. The van der Waals surface area contributed by atoms with Gasteiger partial charge in [-0.05, 0) is 78.8 Å². The summed E-state index contributed by atoms with van der Waals surface area (Å²) in [4.78, 5) is 30.7. The van der Waals surface area contributed by atoms with E-state index in [0.29, 0.717) is 29.1 Å². The summed E-state index contributed by atoms with van der Waals surface area (Å²) in [6.07, 6.45) is 4.33. The van der Waals surface area contributed by atoms with Crippen LogP contribution in [0.1, 0.15) is 78.9 Å². The van der Waals surface area contributed by atoms with Crippen molar-refractivity contribution < 1.29 is 9.59 Å². The van der Waals surface area contributed by atoms with Crippen LogP contribution >= 0.6 is 23.2 Å². The first-order valence-corrected chi connectivity index (χ1v) is 14.7. The minimum atomic E-state index is -0.437. The first kappa shape index (κ1) is 26.9. The fourth-order valence-corrected chi connectivity index (χ4v) is 6.22. The molecule has 1 aliphatic carbocycles. The molecule has 206 valence electrons. The molecule has 2 heterocycles. The maximum atomic E-state index is 12.6. The van der Waals surface area contributed by atoms with Crippen LogP contribution in [0.5, 0.6) is 0 Å². The second kappa shape index (κ2) is 11.3. The zero-order valence-electron chi connectivity index (χ0n) is 22.2. The third-order valence-electron chi connectivity index (χ3n) is 8.19. The van der Waals surface area contributed by atoms with Gasteiger partial charge in [-0.1, -0.05) is 53.5 Å².